The van der Waals surface area contributed by atoms with E-state index in [0.717, 1.165) is 42.6 Å². The monoisotopic (exact) mass is 402 g/mol. The van der Waals surface area contributed by atoms with Crippen LogP contribution in [-0.2, 0) is 4.79 Å². The van der Waals surface area contributed by atoms with Crippen LogP contribution in [0.2, 0.25) is 5.02 Å². The zero-order chi connectivity index (χ0) is 18.3. The summed E-state index contributed by atoms with van der Waals surface area (Å²) < 4.78 is 0. The van der Waals surface area contributed by atoms with E-state index in [0.29, 0.717) is 10.6 Å². The number of benzene rings is 1. The van der Waals surface area contributed by atoms with Crippen LogP contribution in [0.1, 0.15) is 36.6 Å². The van der Waals surface area contributed by atoms with E-state index >= 15 is 0 Å². The average molecular weight is 403 g/mol. The molecule has 2 aromatic rings. The molecule has 0 bridgehead atoms. The molecule has 2 aliphatic rings. The molecule has 2 fully saturated rings. The van der Waals surface area contributed by atoms with Gasteiger partial charge in [0, 0.05) is 25.4 Å². The van der Waals surface area contributed by atoms with Gasteiger partial charge in [0.05, 0.1) is 22.3 Å². The molecule has 5 nitrogen and oxygen atoms in total. The van der Waals surface area contributed by atoms with Gasteiger partial charge in [-0.15, -0.1) is 12.4 Å². The standard InChI is InChI=1S/C20H19ClN4O.ClH/c1-25-10-8-20(19(25)26)7-5-17(24-20)18-11-13(6-9-23-18)14-3-2-4-16(21)15(14)12-22;/h2-4,6,9,11,17,24H,5,7-8,10H2,1H3;1H/t17-,20+;/m1./s1. The summed E-state index contributed by atoms with van der Waals surface area (Å²) in [7, 11) is 1.85. The predicted octanol–water partition coefficient (Wildman–Crippen LogP) is 3.72. The van der Waals surface area contributed by atoms with E-state index in [1.807, 2.05) is 31.3 Å². The van der Waals surface area contributed by atoms with E-state index in [9.17, 15) is 10.1 Å². The summed E-state index contributed by atoms with van der Waals surface area (Å²) >= 11 is 6.17. The molecular formula is C20H20Cl2N4O. The Balaban J connectivity index is 0.00000210. The van der Waals surface area contributed by atoms with Crippen LogP contribution in [0.5, 0.6) is 0 Å². The third-order valence-corrected chi connectivity index (χ3v) is 5.83. The van der Waals surface area contributed by atoms with Gasteiger partial charge in [-0.05, 0) is 43.0 Å². The quantitative estimate of drug-likeness (QED) is 0.830. The van der Waals surface area contributed by atoms with E-state index < -0.39 is 5.54 Å². The van der Waals surface area contributed by atoms with Crippen molar-refractivity contribution in [3.05, 3.63) is 52.8 Å². The topological polar surface area (TPSA) is 69.0 Å². The first-order chi connectivity index (χ1) is 12.5. The third-order valence-electron chi connectivity index (χ3n) is 5.51. The van der Waals surface area contributed by atoms with E-state index in [4.69, 9.17) is 11.6 Å². The highest BCUT2D eigenvalue weighted by atomic mass is 35.5. The van der Waals surface area contributed by atoms with E-state index in [1.165, 1.54) is 0 Å². The maximum atomic E-state index is 12.5. The van der Waals surface area contributed by atoms with Gasteiger partial charge in [0.2, 0.25) is 5.91 Å². The van der Waals surface area contributed by atoms with Crippen molar-refractivity contribution in [2.75, 3.05) is 13.6 Å². The molecule has 140 valence electrons. The molecule has 2 saturated heterocycles. The SMILES string of the molecule is CN1CC[C@@]2(CC[C@H](c3cc(-c4cccc(Cl)c4C#N)ccn3)N2)C1=O.Cl. The first-order valence-corrected chi connectivity index (χ1v) is 9.10. The van der Waals surface area contributed by atoms with Crippen molar-refractivity contribution in [3.63, 3.8) is 0 Å². The van der Waals surface area contributed by atoms with Gasteiger partial charge in [-0.3, -0.25) is 15.1 Å². The second-order valence-corrected chi connectivity index (χ2v) is 7.45. The molecule has 0 aliphatic carbocycles. The Bertz CT molecular complexity index is 926. The van der Waals surface area contributed by atoms with Gasteiger partial charge >= 0.3 is 0 Å². The summed E-state index contributed by atoms with van der Waals surface area (Å²) in [5.74, 6) is 0.178. The van der Waals surface area contributed by atoms with Crippen molar-refractivity contribution < 1.29 is 4.79 Å². The van der Waals surface area contributed by atoms with Crippen LogP contribution < -0.4 is 5.32 Å². The Labute approximate surface area is 169 Å². The molecule has 1 aromatic heterocycles. The van der Waals surface area contributed by atoms with Gasteiger partial charge in [-0.2, -0.15) is 5.26 Å². The number of nitrogens with zero attached hydrogens (tertiary/aromatic N) is 3. The highest BCUT2D eigenvalue weighted by Crippen LogP contribution is 2.39. The molecule has 3 heterocycles. The number of likely N-dealkylation sites (N-methyl/N-ethyl adjacent to an activating group) is 1. The predicted molar refractivity (Wildman–Crippen MR) is 107 cm³/mol. The van der Waals surface area contributed by atoms with Crippen molar-refractivity contribution >= 4 is 29.9 Å². The smallest absolute Gasteiger partial charge is 0.242 e. The minimum atomic E-state index is -0.440. The Morgan fingerprint density at radius 1 is 1.37 bits per heavy atom. The summed E-state index contributed by atoms with van der Waals surface area (Å²) in [4.78, 5) is 18.8. The van der Waals surface area contributed by atoms with E-state index in [2.05, 4.69) is 16.4 Å². The molecular weight excluding hydrogens is 383 g/mol. The van der Waals surface area contributed by atoms with Gasteiger partial charge in [-0.25, -0.2) is 0 Å². The van der Waals surface area contributed by atoms with Gasteiger partial charge < -0.3 is 4.90 Å². The van der Waals surface area contributed by atoms with Crippen molar-refractivity contribution in [1.82, 2.24) is 15.2 Å². The van der Waals surface area contributed by atoms with Crippen LogP contribution in [0.3, 0.4) is 0 Å². The molecule has 0 unspecified atom stereocenters. The molecule has 2 atom stereocenters. The average Bonchev–Trinajstić information content (AvgIpc) is 3.22. The van der Waals surface area contributed by atoms with Crippen LogP contribution >= 0.6 is 24.0 Å². The van der Waals surface area contributed by atoms with Crippen LogP contribution in [0, 0.1) is 11.3 Å². The summed E-state index contributed by atoms with van der Waals surface area (Å²) in [6, 6.07) is 11.5. The molecule has 1 aromatic carbocycles. The number of nitriles is 1. The first kappa shape index (κ1) is 19.6. The number of carbonyl (C=O) groups excluding carboxylic acids is 1. The fraction of sp³-hybridized carbons (Fsp3) is 0.350. The normalized spacial score (nSPS) is 24.1. The number of pyridine rings is 1. The van der Waals surface area contributed by atoms with Crippen molar-refractivity contribution in [2.24, 2.45) is 0 Å². The Hall–Kier alpha value is -2.13. The number of amides is 1. The lowest BCUT2D eigenvalue weighted by molar-refractivity contribution is -0.131. The Kier molecular flexibility index (Phi) is 5.43. The van der Waals surface area contributed by atoms with Crippen molar-refractivity contribution in [1.29, 1.82) is 5.26 Å². The van der Waals surface area contributed by atoms with Gasteiger partial charge in [0.1, 0.15) is 11.6 Å². The number of rotatable bonds is 2. The van der Waals surface area contributed by atoms with Crippen LogP contribution in [0.25, 0.3) is 11.1 Å². The summed E-state index contributed by atoms with van der Waals surface area (Å²) in [5, 5.41) is 13.4. The second kappa shape index (κ2) is 7.47. The first-order valence-electron chi connectivity index (χ1n) is 8.72. The van der Waals surface area contributed by atoms with Crippen molar-refractivity contribution in [3.8, 4) is 17.2 Å². The summed E-state index contributed by atoms with van der Waals surface area (Å²) in [6.45, 7) is 0.792. The largest absolute Gasteiger partial charge is 0.344 e. The number of aromatic nitrogens is 1. The van der Waals surface area contributed by atoms with E-state index in [1.54, 1.807) is 17.2 Å². The molecule has 4 rings (SSSR count). The summed E-state index contributed by atoms with van der Waals surface area (Å²) in [5.41, 5.74) is 2.63. The Morgan fingerprint density at radius 3 is 2.89 bits per heavy atom. The molecule has 1 spiro atoms. The number of halogens is 2. The number of nitrogens with one attached hydrogen (secondary N) is 1. The third kappa shape index (κ3) is 3.29. The maximum Gasteiger partial charge on any atom is 0.242 e. The highest BCUT2D eigenvalue weighted by molar-refractivity contribution is 6.32. The summed E-state index contributed by atoms with van der Waals surface area (Å²) in [6.07, 6.45) is 4.29. The maximum absolute atomic E-state index is 12.5. The number of likely N-dealkylation sites (tertiary alicyclic amines) is 1. The lowest BCUT2D eigenvalue weighted by Gasteiger charge is -2.23. The number of hydrogen-bond donors (Lipinski definition) is 1. The van der Waals surface area contributed by atoms with Crippen LogP contribution in [0.15, 0.2) is 36.5 Å². The molecule has 27 heavy (non-hydrogen) atoms. The van der Waals surface area contributed by atoms with Crippen LogP contribution in [-0.4, -0.2) is 34.9 Å². The van der Waals surface area contributed by atoms with Gasteiger partial charge in [0.15, 0.2) is 0 Å². The van der Waals surface area contributed by atoms with Crippen molar-refractivity contribution in [2.45, 2.75) is 30.8 Å². The molecule has 0 saturated carbocycles. The lowest BCUT2D eigenvalue weighted by Crippen LogP contribution is -2.47. The molecule has 0 radical (unpaired) electrons. The van der Waals surface area contributed by atoms with Crippen LogP contribution in [0.4, 0.5) is 0 Å². The zero-order valence-corrected chi connectivity index (χ0v) is 16.5. The molecule has 2 aliphatic heterocycles. The molecule has 1 amide bonds. The molecule has 1 N–H and O–H groups in total. The molecule has 7 heteroatoms. The van der Waals surface area contributed by atoms with Gasteiger partial charge in [-0.1, -0.05) is 23.7 Å². The Morgan fingerprint density at radius 2 is 2.19 bits per heavy atom. The van der Waals surface area contributed by atoms with E-state index in [-0.39, 0.29) is 24.4 Å². The fourth-order valence-electron chi connectivity index (χ4n) is 4.07. The number of carbonyl (C=O) groups is 1. The zero-order valence-electron chi connectivity index (χ0n) is 14.9. The highest BCUT2D eigenvalue weighted by Gasteiger charge is 2.50. The number of hydrogen-bond acceptors (Lipinski definition) is 4. The lowest BCUT2D eigenvalue weighted by atomic mass is 9.96. The fourth-order valence-corrected chi connectivity index (χ4v) is 4.29. The van der Waals surface area contributed by atoms with Gasteiger partial charge in [0.25, 0.3) is 0 Å². The minimum absolute atomic E-state index is 0. The second-order valence-electron chi connectivity index (χ2n) is 7.04. The minimum Gasteiger partial charge on any atom is -0.344 e.